The second-order valence-corrected chi connectivity index (χ2v) is 2.47. The molecule has 1 atom stereocenters. The molecule has 0 amide bonds. The molecule has 0 aromatic carbocycles. The Morgan fingerprint density at radius 3 is 2.43 bits per heavy atom. The summed E-state index contributed by atoms with van der Waals surface area (Å²) in [5, 5.41) is 16.7. The standard InChI is InChI=1S/C3H7O3.Pb.H/c4-1-3(6)2-5;;/h3-4,6H,1-2H2;;/q-1;+1;. The van der Waals surface area contributed by atoms with Crippen LogP contribution in [0.5, 0.6) is 0 Å². The molecule has 0 saturated heterocycles. The van der Waals surface area contributed by atoms with Gasteiger partial charge in [0.15, 0.2) is 0 Å². The zero-order valence-electron chi connectivity index (χ0n) is 3.87. The summed E-state index contributed by atoms with van der Waals surface area (Å²) in [6.45, 7) is 0.0773. The number of rotatable bonds is 3. The average Bonchev–Trinajstić information content (AvgIpc) is 1.68. The van der Waals surface area contributed by atoms with Crippen molar-refractivity contribution in [3.05, 3.63) is 0 Å². The van der Waals surface area contributed by atoms with E-state index in [0.29, 0.717) is 26.2 Å². The third-order valence-corrected chi connectivity index (χ3v) is 1.25. The fourth-order valence-electron chi connectivity index (χ4n) is 0.164. The van der Waals surface area contributed by atoms with Crippen LogP contribution < -0.4 is 0 Å². The summed E-state index contributed by atoms with van der Waals surface area (Å²) in [5.74, 6) is 0. The first-order chi connectivity index (χ1) is 3.31. The van der Waals surface area contributed by atoms with Crippen molar-refractivity contribution in [1.29, 1.82) is 0 Å². The van der Waals surface area contributed by atoms with E-state index in [1.165, 1.54) is 0 Å². The van der Waals surface area contributed by atoms with Crippen molar-refractivity contribution in [1.82, 2.24) is 0 Å². The van der Waals surface area contributed by atoms with Gasteiger partial charge in [-0.2, -0.15) is 0 Å². The number of hydrogen-bond acceptors (Lipinski definition) is 3. The molecule has 3 nitrogen and oxygen atoms in total. The van der Waals surface area contributed by atoms with E-state index in [1.54, 1.807) is 0 Å². The van der Waals surface area contributed by atoms with E-state index in [1.807, 2.05) is 0 Å². The van der Waals surface area contributed by atoms with Crippen molar-refractivity contribution in [2.24, 2.45) is 0 Å². The molecular formula is C3H8O3Pb. The van der Waals surface area contributed by atoms with Gasteiger partial charge in [-0.15, -0.1) is 0 Å². The molecular weight excluding hydrogens is 291 g/mol. The molecule has 2 radical (unpaired) electrons. The van der Waals surface area contributed by atoms with Crippen LogP contribution in [-0.4, -0.2) is 55.8 Å². The van der Waals surface area contributed by atoms with E-state index in [2.05, 4.69) is 2.69 Å². The molecule has 0 fully saturated rings. The SMILES string of the molecule is OCC(O)C[O][PbH]. The van der Waals surface area contributed by atoms with Crippen molar-refractivity contribution < 1.29 is 12.9 Å². The van der Waals surface area contributed by atoms with Crippen LogP contribution in [0.1, 0.15) is 0 Å². The Labute approximate surface area is 58.6 Å². The van der Waals surface area contributed by atoms with Crippen LogP contribution in [0.4, 0.5) is 0 Å². The third kappa shape index (κ3) is 4.66. The molecule has 0 aromatic rings. The predicted octanol–water partition coefficient (Wildman–Crippen LogP) is -1.83. The monoisotopic (exact) mass is 300 g/mol. The van der Waals surface area contributed by atoms with Gasteiger partial charge < -0.3 is 0 Å². The Morgan fingerprint density at radius 2 is 2.29 bits per heavy atom. The molecule has 0 bridgehead atoms. The van der Waals surface area contributed by atoms with Crippen LogP contribution in [0.25, 0.3) is 0 Å². The van der Waals surface area contributed by atoms with Crippen molar-refractivity contribution in [3.63, 3.8) is 0 Å². The summed E-state index contributed by atoms with van der Waals surface area (Å²) in [5.41, 5.74) is 0. The Morgan fingerprint density at radius 1 is 1.71 bits per heavy atom. The molecule has 0 spiro atoms. The van der Waals surface area contributed by atoms with Crippen LogP contribution in [-0.2, 0) is 2.69 Å². The van der Waals surface area contributed by atoms with Gasteiger partial charge in [-0.05, 0) is 0 Å². The fraction of sp³-hybridized carbons (Fsp3) is 1.00. The minimum absolute atomic E-state index is 0.202. The van der Waals surface area contributed by atoms with Gasteiger partial charge in [-0.3, -0.25) is 0 Å². The summed E-state index contributed by atoms with van der Waals surface area (Å²) in [6.07, 6.45) is -0.676. The Bertz CT molecular complexity index is 41.2. The quantitative estimate of drug-likeness (QED) is 0.603. The first-order valence-electron chi connectivity index (χ1n) is 1.92. The molecule has 0 heterocycles. The molecule has 0 rings (SSSR count). The van der Waals surface area contributed by atoms with E-state index in [-0.39, 0.29) is 13.2 Å². The molecule has 0 aliphatic rings. The second-order valence-electron chi connectivity index (χ2n) is 1.17. The second kappa shape index (κ2) is 4.95. The molecule has 1 unspecified atom stereocenters. The van der Waals surface area contributed by atoms with E-state index in [0.717, 1.165) is 0 Å². The van der Waals surface area contributed by atoms with Gasteiger partial charge in [-0.1, -0.05) is 0 Å². The molecule has 0 aliphatic heterocycles. The summed E-state index contributed by atoms with van der Waals surface area (Å²) >= 11 is 0.450. The maximum atomic E-state index is 8.51. The number of aliphatic hydroxyl groups is 2. The fourth-order valence-corrected chi connectivity index (χ4v) is 1.03. The third-order valence-electron chi connectivity index (χ3n) is 0.499. The van der Waals surface area contributed by atoms with E-state index in [9.17, 15) is 0 Å². The summed E-state index contributed by atoms with van der Waals surface area (Å²) in [7, 11) is 0. The van der Waals surface area contributed by atoms with Crippen molar-refractivity contribution in [2.75, 3.05) is 13.2 Å². The van der Waals surface area contributed by atoms with Gasteiger partial charge in [0.1, 0.15) is 0 Å². The van der Waals surface area contributed by atoms with Crippen LogP contribution in [0.15, 0.2) is 0 Å². The summed E-state index contributed by atoms with van der Waals surface area (Å²) in [4.78, 5) is 0. The Balaban J connectivity index is 2.83. The minimum atomic E-state index is -0.676. The van der Waals surface area contributed by atoms with Gasteiger partial charge in [0.2, 0.25) is 0 Å². The van der Waals surface area contributed by atoms with Crippen LogP contribution in [0.3, 0.4) is 0 Å². The van der Waals surface area contributed by atoms with Gasteiger partial charge >= 0.3 is 58.4 Å². The topological polar surface area (TPSA) is 49.7 Å². The maximum absolute atomic E-state index is 8.51. The summed E-state index contributed by atoms with van der Waals surface area (Å²) in [6, 6.07) is 0. The summed E-state index contributed by atoms with van der Waals surface area (Å²) < 4.78 is 4.65. The normalized spacial score (nSPS) is 14.1. The molecule has 2 N–H and O–H groups in total. The molecule has 0 aliphatic carbocycles. The van der Waals surface area contributed by atoms with Gasteiger partial charge in [0.25, 0.3) is 0 Å². The molecule has 4 heteroatoms. The van der Waals surface area contributed by atoms with E-state index < -0.39 is 6.10 Å². The number of hydrogen-bond donors (Lipinski definition) is 2. The van der Waals surface area contributed by atoms with Crippen LogP contribution in [0, 0.1) is 0 Å². The molecule has 0 saturated carbocycles. The number of aliphatic hydroxyl groups excluding tert-OH is 2. The van der Waals surface area contributed by atoms with Crippen LogP contribution >= 0.6 is 0 Å². The zero-order valence-corrected chi connectivity index (χ0v) is 8.36. The van der Waals surface area contributed by atoms with E-state index in [4.69, 9.17) is 10.2 Å². The van der Waals surface area contributed by atoms with Crippen molar-refractivity contribution in [2.45, 2.75) is 6.10 Å². The van der Waals surface area contributed by atoms with Gasteiger partial charge in [0.05, 0.1) is 0 Å². The van der Waals surface area contributed by atoms with Crippen molar-refractivity contribution in [3.8, 4) is 0 Å². The first-order valence-corrected chi connectivity index (χ1v) is 3.75. The Kier molecular flexibility index (Phi) is 5.52. The van der Waals surface area contributed by atoms with Gasteiger partial charge in [0, 0.05) is 0 Å². The molecule has 7 heavy (non-hydrogen) atoms. The molecule has 42 valence electrons. The predicted molar refractivity (Wildman–Crippen MR) is 26.2 cm³/mol. The van der Waals surface area contributed by atoms with Crippen molar-refractivity contribution >= 4 is 26.2 Å². The zero-order chi connectivity index (χ0) is 5.70. The van der Waals surface area contributed by atoms with E-state index >= 15 is 0 Å². The average molecular weight is 299 g/mol. The van der Waals surface area contributed by atoms with Crippen LogP contribution in [0.2, 0.25) is 0 Å². The molecule has 0 aromatic heterocycles. The Hall–Kier alpha value is 0.802. The van der Waals surface area contributed by atoms with Gasteiger partial charge in [-0.25, -0.2) is 0 Å². The first kappa shape index (κ1) is 7.80.